The van der Waals surface area contributed by atoms with Crippen LogP contribution in [0.25, 0.3) is 0 Å². The molecule has 0 aromatic rings. The second-order valence-corrected chi connectivity index (χ2v) is 13.2. The van der Waals surface area contributed by atoms with Crippen LogP contribution in [0.5, 0.6) is 0 Å². The van der Waals surface area contributed by atoms with Crippen molar-refractivity contribution in [1.82, 2.24) is 5.32 Å². The lowest BCUT2D eigenvalue weighted by atomic mass is 9.61. The number of nitrogens with one attached hydrogen (secondary N) is 1. The third-order valence-electron chi connectivity index (χ3n) is 10.8. The van der Waals surface area contributed by atoms with Gasteiger partial charge in [0.05, 0.1) is 0 Å². The summed E-state index contributed by atoms with van der Waals surface area (Å²) in [6.07, 6.45) is 21.5. The van der Waals surface area contributed by atoms with Crippen LogP contribution < -0.4 is 5.32 Å². The number of rotatable bonds is 19. The Labute approximate surface area is 216 Å². The molecule has 0 aromatic heterocycles. The van der Waals surface area contributed by atoms with E-state index in [0.29, 0.717) is 6.04 Å². The van der Waals surface area contributed by atoms with Gasteiger partial charge in [-0.15, -0.1) is 0 Å². The first kappa shape index (κ1) is 30.2. The fourth-order valence-electron chi connectivity index (χ4n) is 7.63. The summed E-state index contributed by atoms with van der Waals surface area (Å²) >= 11 is 0. The van der Waals surface area contributed by atoms with Crippen LogP contribution in [0.4, 0.5) is 0 Å². The minimum absolute atomic E-state index is 0.672. The maximum Gasteiger partial charge on any atom is 0.0101 e. The van der Waals surface area contributed by atoms with E-state index in [2.05, 4.69) is 60.7 Å². The predicted molar refractivity (Wildman–Crippen MR) is 153 cm³/mol. The summed E-state index contributed by atoms with van der Waals surface area (Å²) in [6.45, 7) is 19.6. The molecule has 8 atom stereocenters. The largest absolute Gasteiger partial charge is 0.311 e. The van der Waals surface area contributed by atoms with Gasteiger partial charge in [-0.3, -0.25) is 0 Å². The van der Waals surface area contributed by atoms with Crippen molar-refractivity contribution in [3.05, 3.63) is 0 Å². The summed E-state index contributed by atoms with van der Waals surface area (Å²) in [4.78, 5) is 0. The molecule has 0 aromatic carbocycles. The summed E-state index contributed by atoms with van der Waals surface area (Å²) in [7, 11) is 0. The number of hydrogen-bond donors (Lipinski definition) is 1. The Bertz CT molecular complexity index is 507. The number of hydrogen-bond acceptors (Lipinski definition) is 1. The lowest BCUT2D eigenvalue weighted by Gasteiger charge is -2.46. The van der Waals surface area contributed by atoms with E-state index in [-0.39, 0.29) is 0 Å². The van der Waals surface area contributed by atoms with Gasteiger partial charge in [0.1, 0.15) is 0 Å². The normalized spacial score (nSPS) is 26.4. The van der Waals surface area contributed by atoms with Crippen molar-refractivity contribution in [3.8, 4) is 0 Å². The summed E-state index contributed by atoms with van der Waals surface area (Å²) in [6, 6.07) is 1.42. The summed E-state index contributed by atoms with van der Waals surface area (Å²) in [5.74, 6) is 7.52. The second kappa shape index (κ2) is 15.9. The molecule has 202 valence electrons. The molecule has 0 bridgehead atoms. The Kier molecular flexibility index (Phi) is 14.2. The van der Waals surface area contributed by atoms with Crippen LogP contribution in [0.1, 0.15) is 152 Å². The van der Waals surface area contributed by atoms with Crippen molar-refractivity contribution >= 4 is 0 Å². The van der Waals surface area contributed by atoms with E-state index in [1.165, 1.54) is 96.3 Å². The Morgan fingerprint density at radius 2 is 1.41 bits per heavy atom. The molecule has 0 amide bonds. The van der Waals surface area contributed by atoms with Gasteiger partial charge < -0.3 is 5.32 Å². The van der Waals surface area contributed by atoms with Crippen LogP contribution in [-0.4, -0.2) is 12.1 Å². The van der Waals surface area contributed by atoms with Gasteiger partial charge >= 0.3 is 0 Å². The molecule has 34 heavy (non-hydrogen) atoms. The van der Waals surface area contributed by atoms with Crippen LogP contribution in [0.2, 0.25) is 0 Å². The molecule has 0 radical (unpaired) electrons. The first-order valence-corrected chi connectivity index (χ1v) is 16.1. The van der Waals surface area contributed by atoms with Crippen LogP contribution in [-0.2, 0) is 0 Å². The lowest BCUT2D eigenvalue weighted by Crippen LogP contribution is -2.46. The molecule has 8 unspecified atom stereocenters. The molecule has 2 aliphatic rings. The van der Waals surface area contributed by atoms with Crippen molar-refractivity contribution in [2.45, 2.75) is 164 Å². The van der Waals surface area contributed by atoms with E-state index in [4.69, 9.17) is 0 Å². The van der Waals surface area contributed by atoms with Gasteiger partial charge in [0.2, 0.25) is 0 Å². The van der Waals surface area contributed by atoms with E-state index in [9.17, 15) is 0 Å². The average Bonchev–Trinajstić information content (AvgIpc) is 2.77. The maximum absolute atomic E-state index is 4.28. The highest BCUT2D eigenvalue weighted by atomic mass is 15.0. The van der Waals surface area contributed by atoms with E-state index >= 15 is 0 Å². The van der Waals surface area contributed by atoms with Crippen LogP contribution >= 0.6 is 0 Å². The molecule has 2 fully saturated rings. The third-order valence-corrected chi connectivity index (χ3v) is 10.8. The lowest BCUT2D eigenvalue weighted by molar-refractivity contribution is 0.0588. The molecular formula is C33H65N. The highest BCUT2D eigenvalue weighted by Crippen LogP contribution is 2.47. The standard InChI is InChI=1S/C33H65N/c1-9-15-26(8)34-33(21-27-16-14-17-27)31(22-29-18-19-32(29)25(7)11-3)23-30(20-24(6)10-2)28(12-4)13-5/h24-34H,9-23H2,1-8H3. The van der Waals surface area contributed by atoms with E-state index in [1.807, 2.05) is 0 Å². The molecule has 0 heterocycles. The van der Waals surface area contributed by atoms with E-state index in [1.54, 1.807) is 0 Å². The molecular weight excluding hydrogens is 410 g/mol. The highest BCUT2D eigenvalue weighted by molar-refractivity contribution is 4.92. The van der Waals surface area contributed by atoms with Crippen molar-refractivity contribution in [1.29, 1.82) is 0 Å². The van der Waals surface area contributed by atoms with Crippen LogP contribution in [0, 0.1) is 47.3 Å². The molecule has 0 spiro atoms. The molecule has 0 aliphatic heterocycles. The average molecular weight is 476 g/mol. The predicted octanol–water partition coefficient (Wildman–Crippen LogP) is 10.3. The molecule has 2 aliphatic carbocycles. The van der Waals surface area contributed by atoms with Gasteiger partial charge in [-0.05, 0) is 99.2 Å². The molecule has 2 rings (SSSR count). The molecule has 1 heteroatoms. The van der Waals surface area contributed by atoms with Gasteiger partial charge in [0.15, 0.2) is 0 Å². The van der Waals surface area contributed by atoms with Gasteiger partial charge in [-0.25, -0.2) is 0 Å². The maximum atomic E-state index is 4.28. The van der Waals surface area contributed by atoms with Crippen molar-refractivity contribution in [3.63, 3.8) is 0 Å². The van der Waals surface area contributed by atoms with E-state index in [0.717, 1.165) is 53.4 Å². The topological polar surface area (TPSA) is 12.0 Å². The smallest absolute Gasteiger partial charge is 0.0101 e. The molecule has 2 saturated carbocycles. The molecule has 1 nitrogen and oxygen atoms in total. The fraction of sp³-hybridized carbons (Fsp3) is 1.00. The van der Waals surface area contributed by atoms with Gasteiger partial charge in [-0.2, -0.15) is 0 Å². The van der Waals surface area contributed by atoms with Gasteiger partial charge in [0, 0.05) is 12.1 Å². The minimum atomic E-state index is 0.672. The van der Waals surface area contributed by atoms with Gasteiger partial charge in [0.25, 0.3) is 0 Å². The minimum Gasteiger partial charge on any atom is -0.311 e. The zero-order valence-corrected chi connectivity index (χ0v) is 24.9. The molecule has 0 saturated heterocycles. The summed E-state index contributed by atoms with van der Waals surface area (Å²) in [5, 5.41) is 4.28. The summed E-state index contributed by atoms with van der Waals surface area (Å²) < 4.78 is 0. The van der Waals surface area contributed by atoms with Crippen LogP contribution in [0.3, 0.4) is 0 Å². The first-order chi connectivity index (χ1) is 16.4. The van der Waals surface area contributed by atoms with Crippen molar-refractivity contribution in [2.24, 2.45) is 47.3 Å². The Morgan fingerprint density at radius 1 is 0.706 bits per heavy atom. The van der Waals surface area contributed by atoms with Crippen molar-refractivity contribution in [2.75, 3.05) is 0 Å². The first-order valence-electron chi connectivity index (χ1n) is 16.1. The third kappa shape index (κ3) is 9.12. The fourth-order valence-corrected chi connectivity index (χ4v) is 7.63. The highest BCUT2D eigenvalue weighted by Gasteiger charge is 2.39. The zero-order valence-electron chi connectivity index (χ0n) is 24.9. The zero-order chi connectivity index (χ0) is 25.1. The summed E-state index contributed by atoms with van der Waals surface area (Å²) in [5.41, 5.74) is 0. The SMILES string of the molecule is CCCC(C)NC(CC1CCC1)C(CC(CC(C)CC)C(CC)CC)CC1CCC1C(C)CC. The van der Waals surface area contributed by atoms with Crippen molar-refractivity contribution < 1.29 is 0 Å². The quantitative estimate of drug-likeness (QED) is 0.196. The Morgan fingerprint density at radius 3 is 1.88 bits per heavy atom. The Hall–Kier alpha value is -0.0400. The van der Waals surface area contributed by atoms with Crippen LogP contribution in [0.15, 0.2) is 0 Å². The second-order valence-electron chi connectivity index (χ2n) is 13.2. The van der Waals surface area contributed by atoms with E-state index < -0.39 is 0 Å². The monoisotopic (exact) mass is 476 g/mol. The Balaban J connectivity index is 2.26. The van der Waals surface area contributed by atoms with Gasteiger partial charge in [-0.1, -0.05) is 99.8 Å². The molecule has 1 N–H and O–H groups in total.